The number of hydrogen-bond acceptors (Lipinski definition) is 3. The van der Waals surface area contributed by atoms with Crippen molar-refractivity contribution in [3.63, 3.8) is 0 Å². The molecule has 0 spiro atoms. The Morgan fingerprint density at radius 2 is 2.13 bits per heavy atom. The third-order valence-corrected chi connectivity index (χ3v) is 3.05. The summed E-state index contributed by atoms with van der Waals surface area (Å²) in [7, 11) is 2.15. The average Bonchev–Trinajstić information content (AvgIpc) is 2.23. The summed E-state index contributed by atoms with van der Waals surface area (Å²) in [5.74, 6) is 5.76. The van der Waals surface area contributed by atoms with Gasteiger partial charge in [-0.1, -0.05) is 24.3 Å². The summed E-state index contributed by atoms with van der Waals surface area (Å²) >= 11 is 0. The summed E-state index contributed by atoms with van der Waals surface area (Å²) < 4.78 is 0. The van der Waals surface area contributed by atoms with Crippen molar-refractivity contribution in [1.29, 1.82) is 0 Å². The van der Waals surface area contributed by atoms with Crippen LogP contribution in [0.5, 0.6) is 0 Å². The molecule has 1 aliphatic heterocycles. The molecule has 3 heteroatoms. The second kappa shape index (κ2) is 4.75. The molecule has 0 amide bonds. The van der Waals surface area contributed by atoms with E-state index in [1.165, 1.54) is 24.2 Å². The molecule has 3 nitrogen and oxygen atoms in total. The maximum absolute atomic E-state index is 5.06. The van der Waals surface area contributed by atoms with E-state index >= 15 is 0 Å². The van der Waals surface area contributed by atoms with Crippen LogP contribution in [0.3, 0.4) is 0 Å². The number of likely N-dealkylation sites (tertiary alicyclic amines) is 1. The van der Waals surface area contributed by atoms with Gasteiger partial charge in [-0.05, 0) is 24.6 Å². The maximum Gasteiger partial charge on any atom is 0.0719 e. The summed E-state index contributed by atoms with van der Waals surface area (Å²) in [6, 6.07) is 8.59. The lowest BCUT2D eigenvalue weighted by molar-refractivity contribution is 0.140. The van der Waals surface area contributed by atoms with Crippen molar-refractivity contribution in [2.75, 3.05) is 26.7 Å². The van der Waals surface area contributed by atoms with Crippen LogP contribution in [0.4, 0.5) is 0 Å². The molecule has 1 saturated heterocycles. The molecule has 0 unspecified atom stereocenters. The molecule has 0 radical (unpaired) electrons. The summed E-state index contributed by atoms with van der Waals surface area (Å²) in [5.41, 5.74) is 2.84. The number of hydrogen-bond donors (Lipinski definition) is 1. The number of likely N-dealkylation sites (N-methyl/N-ethyl adjacent to an activating group) is 1. The van der Waals surface area contributed by atoms with Crippen LogP contribution in [0.2, 0.25) is 0 Å². The molecule has 1 aliphatic rings. The number of rotatable bonds is 4. The zero-order chi connectivity index (χ0) is 10.7. The van der Waals surface area contributed by atoms with Gasteiger partial charge in [-0.2, -0.15) is 0 Å². The molecule has 1 aromatic rings. The minimum atomic E-state index is 0.597. The van der Waals surface area contributed by atoms with Crippen molar-refractivity contribution < 1.29 is 4.84 Å². The van der Waals surface area contributed by atoms with Gasteiger partial charge in [0.1, 0.15) is 0 Å². The standard InChI is InChI=1S/C12H18N2O/c1-14-8-11(9-14)12-5-3-2-4-10(12)6-7-15-13/h2-5,11H,6-9,13H2,1H3. The Kier molecular flexibility index (Phi) is 3.36. The highest BCUT2D eigenvalue weighted by Gasteiger charge is 2.26. The summed E-state index contributed by atoms with van der Waals surface area (Å²) in [5, 5.41) is 0. The molecule has 0 aromatic heterocycles. The van der Waals surface area contributed by atoms with Gasteiger partial charge in [-0.25, -0.2) is 5.90 Å². The fourth-order valence-corrected chi connectivity index (χ4v) is 2.22. The molecule has 0 saturated carbocycles. The van der Waals surface area contributed by atoms with E-state index in [2.05, 4.69) is 41.1 Å². The Labute approximate surface area is 90.8 Å². The van der Waals surface area contributed by atoms with Gasteiger partial charge in [0.2, 0.25) is 0 Å². The lowest BCUT2D eigenvalue weighted by Gasteiger charge is -2.37. The predicted octanol–water partition coefficient (Wildman–Crippen LogP) is 1.15. The highest BCUT2D eigenvalue weighted by molar-refractivity contribution is 5.32. The lowest BCUT2D eigenvalue weighted by Crippen LogP contribution is -2.42. The van der Waals surface area contributed by atoms with Crippen LogP contribution in [-0.2, 0) is 11.3 Å². The molecule has 2 N–H and O–H groups in total. The van der Waals surface area contributed by atoms with Crippen LogP contribution in [0.1, 0.15) is 17.0 Å². The Morgan fingerprint density at radius 3 is 2.80 bits per heavy atom. The first-order valence-corrected chi connectivity index (χ1v) is 5.39. The van der Waals surface area contributed by atoms with Crippen molar-refractivity contribution >= 4 is 0 Å². The highest BCUT2D eigenvalue weighted by Crippen LogP contribution is 2.28. The zero-order valence-corrected chi connectivity index (χ0v) is 9.15. The van der Waals surface area contributed by atoms with Crippen molar-refractivity contribution in [2.45, 2.75) is 12.3 Å². The third-order valence-electron chi connectivity index (χ3n) is 3.05. The highest BCUT2D eigenvalue weighted by atomic mass is 16.6. The Bertz CT molecular complexity index is 321. The first-order chi connectivity index (χ1) is 7.31. The van der Waals surface area contributed by atoms with Gasteiger partial charge in [-0.15, -0.1) is 0 Å². The topological polar surface area (TPSA) is 38.5 Å². The largest absolute Gasteiger partial charge is 0.305 e. The van der Waals surface area contributed by atoms with Crippen molar-refractivity contribution in [3.8, 4) is 0 Å². The van der Waals surface area contributed by atoms with E-state index in [0.29, 0.717) is 12.5 Å². The number of nitrogens with zero attached hydrogens (tertiary/aromatic N) is 1. The quantitative estimate of drug-likeness (QED) is 0.751. The number of nitrogens with two attached hydrogens (primary N) is 1. The molecule has 1 fully saturated rings. The zero-order valence-electron chi connectivity index (χ0n) is 9.15. The third kappa shape index (κ3) is 2.37. The van der Waals surface area contributed by atoms with Gasteiger partial charge in [0.15, 0.2) is 0 Å². The van der Waals surface area contributed by atoms with Crippen LogP contribution in [-0.4, -0.2) is 31.6 Å². The van der Waals surface area contributed by atoms with Crippen LogP contribution >= 0.6 is 0 Å². The molecule has 0 bridgehead atoms. The van der Waals surface area contributed by atoms with Crippen LogP contribution in [0, 0.1) is 0 Å². The molecule has 0 atom stereocenters. The smallest absolute Gasteiger partial charge is 0.0719 e. The van der Waals surface area contributed by atoms with Gasteiger partial charge >= 0.3 is 0 Å². The number of benzene rings is 1. The normalized spacial score (nSPS) is 17.7. The average molecular weight is 206 g/mol. The summed E-state index contributed by atoms with van der Waals surface area (Å²) in [6.45, 7) is 2.93. The molecule has 1 heterocycles. The van der Waals surface area contributed by atoms with Crippen LogP contribution in [0.15, 0.2) is 24.3 Å². The van der Waals surface area contributed by atoms with Gasteiger partial charge in [0.05, 0.1) is 6.61 Å². The summed E-state index contributed by atoms with van der Waals surface area (Å²) in [4.78, 5) is 6.98. The second-order valence-corrected chi connectivity index (χ2v) is 4.24. The monoisotopic (exact) mass is 206 g/mol. The Hall–Kier alpha value is -0.900. The fraction of sp³-hybridized carbons (Fsp3) is 0.500. The van der Waals surface area contributed by atoms with E-state index in [1.54, 1.807) is 0 Å². The van der Waals surface area contributed by atoms with Crippen molar-refractivity contribution in [2.24, 2.45) is 5.90 Å². The van der Waals surface area contributed by atoms with Crippen LogP contribution < -0.4 is 5.90 Å². The van der Waals surface area contributed by atoms with E-state index in [1.807, 2.05) is 0 Å². The second-order valence-electron chi connectivity index (χ2n) is 4.24. The first kappa shape index (κ1) is 10.6. The lowest BCUT2D eigenvalue weighted by atomic mass is 9.87. The van der Waals surface area contributed by atoms with Gasteiger partial charge in [-0.3, -0.25) is 0 Å². The summed E-state index contributed by atoms with van der Waals surface area (Å²) in [6.07, 6.45) is 0.910. The van der Waals surface area contributed by atoms with Gasteiger partial charge in [0.25, 0.3) is 0 Å². The van der Waals surface area contributed by atoms with E-state index in [4.69, 9.17) is 5.90 Å². The van der Waals surface area contributed by atoms with Crippen LogP contribution in [0.25, 0.3) is 0 Å². The van der Waals surface area contributed by atoms with Crippen molar-refractivity contribution in [1.82, 2.24) is 4.90 Å². The molecular formula is C12H18N2O. The molecule has 15 heavy (non-hydrogen) atoms. The van der Waals surface area contributed by atoms with Crippen molar-refractivity contribution in [3.05, 3.63) is 35.4 Å². The molecular weight excluding hydrogens is 188 g/mol. The minimum Gasteiger partial charge on any atom is -0.305 e. The Balaban J connectivity index is 2.08. The van der Waals surface area contributed by atoms with Gasteiger partial charge in [0, 0.05) is 19.0 Å². The van der Waals surface area contributed by atoms with E-state index in [9.17, 15) is 0 Å². The molecule has 0 aliphatic carbocycles. The van der Waals surface area contributed by atoms with Gasteiger partial charge < -0.3 is 9.74 Å². The Morgan fingerprint density at radius 1 is 1.40 bits per heavy atom. The van der Waals surface area contributed by atoms with E-state index in [0.717, 1.165) is 6.42 Å². The predicted molar refractivity (Wildman–Crippen MR) is 60.5 cm³/mol. The van der Waals surface area contributed by atoms with E-state index < -0.39 is 0 Å². The fourth-order valence-electron chi connectivity index (χ4n) is 2.22. The first-order valence-electron chi connectivity index (χ1n) is 5.39. The SMILES string of the molecule is CN1CC(c2ccccc2CCON)C1. The maximum atomic E-state index is 5.06. The molecule has 82 valence electrons. The van der Waals surface area contributed by atoms with E-state index in [-0.39, 0.29) is 0 Å². The molecule has 2 rings (SSSR count). The molecule has 1 aromatic carbocycles. The minimum absolute atomic E-state index is 0.597.